The predicted molar refractivity (Wildman–Crippen MR) is 40.0 cm³/mol. The van der Waals surface area contributed by atoms with Crippen molar-refractivity contribution >= 4 is 0 Å². The molecule has 2 aliphatic rings. The number of rotatable bonds is 1. The summed E-state index contributed by atoms with van der Waals surface area (Å²) in [6.45, 7) is 2.19. The lowest BCUT2D eigenvalue weighted by Crippen LogP contribution is -2.33. The smallest absolute Gasteiger partial charge is 0.0728 e. The van der Waals surface area contributed by atoms with Gasteiger partial charge in [-0.05, 0) is 32.2 Å². The highest BCUT2D eigenvalue weighted by molar-refractivity contribution is 4.84. The molecule has 2 saturated heterocycles. The molecule has 0 radical (unpaired) electrons. The Morgan fingerprint density at radius 2 is 2.20 bits per heavy atom. The molecule has 2 atom stereocenters. The van der Waals surface area contributed by atoms with Gasteiger partial charge >= 0.3 is 0 Å². The maximum absolute atomic E-state index is 5.57. The molecule has 0 aliphatic carbocycles. The number of hydrogen-bond donors (Lipinski definition) is 1. The van der Waals surface area contributed by atoms with Crippen molar-refractivity contribution in [2.24, 2.45) is 0 Å². The van der Waals surface area contributed by atoms with E-state index >= 15 is 0 Å². The fourth-order valence-electron chi connectivity index (χ4n) is 1.95. The van der Waals surface area contributed by atoms with E-state index in [9.17, 15) is 0 Å². The van der Waals surface area contributed by atoms with Crippen molar-refractivity contribution in [3.05, 3.63) is 0 Å². The third kappa shape index (κ3) is 1.18. The molecular weight excluding hydrogens is 126 g/mol. The van der Waals surface area contributed by atoms with Crippen molar-refractivity contribution in [3.63, 3.8) is 0 Å². The fourth-order valence-corrected chi connectivity index (χ4v) is 1.95. The van der Waals surface area contributed by atoms with Crippen molar-refractivity contribution in [2.75, 3.05) is 13.2 Å². The molecule has 58 valence electrons. The third-order valence-electron chi connectivity index (χ3n) is 2.51. The van der Waals surface area contributed by atoms with E-state index < -0.39 is 0 Å². The number of hydrogen-bond acceptors (Lipinski definition) is 2. The summed E-state index contributed by atoms with van der Waals surface area (Å²) in [6, 6.07) is 0.683. The Kier molecular flexibility index (Phi) is 1.91. The summed E-state index contributed by atoms with van der Waals surface area (Å²) in [5.41, 5.74) is 0. The van der Waals surface area contributed by atoms with Crippen molar-refractivity contribution in [3.8, 4) is 0 Å². The van der Waals surface area contributed by atoms with Crippen LogP contribution in [0.1, 0.15) is 25.7 Å². The van der Waals surface area contributed by atoms with Gasteiger partial charge in [0, 0.05) is 12.6 Å². The van der Waals surface area contributed by atoms with E-state index in [4.69, 9.17) is 4.74 Å². The molecule has 0 unspecified atom stereocenters. The van der Waals surface area contributed by atoms with Crippen LogP contribution in [-0.4, -0.2) is 25.3 Å². The highest BCUT2D eigenvalue weighted by Gasteiger charge is 2.27. The molecule has 0 aromatic carbocycles. The molecule has 2 aliphatic heterocycles. The Balaban J connectivity index is 1.85. The maximum Gasteiger partial charge on any atom is 0.0728 e. The minimum atomic E-state index is 0.544. The summed E-state index contributed by atoms with van der Waals surface area (Å²) in [5.74, 6) is 0. The highest BCUT2D eigenvalue weighted by atomic mass is 16.5. The lowest BCUT2D eigenvalue weighted by molar-refractivity contribution is 0.0843. The van der Waals surface area contributed by atoms with Crippen LogP contribution < -0.4 is 5.32 Å². The van der Waals surface area contributed by atoms with Crippen LogP contribution in [0.25, 0.3) is 0 Å². The van der Waals surface area contributed by atoms with Crippen molar-refractivity contribution in [2.45, 2.75) is 37.8 Å². The second-order valence-electron chi connectivity index (χ2n) is 3.25. The topological polar surface area (TPSA) is 21.3 Å². The first-order valence-electron chi connectivity index (χ1n) is 4.32. The van der Waals surface area contributed by atoms with Crippen LogP contribution in [0.5, 0.6) is 0 Å². The van der Waals surface area contributed by atoms with Crippen molar-refractivity contribution in [1.82, 2.24) is 5.32 Å². The van der Waals surface area contributed by atoms with Gasteiger partial charge in [0.1, 0.15) is 0 Å². The van der Waals surface area contributed by atoms with Gasteiger partial charge in [0.25, 0.3) is 0 Å². The van der Waals surface area contributed by atoms with Gasteiger partial charge in [0.05, 0.1) is 6.10 Å². The van der Waals surface area contributed by atoms with E-state index in [0.29, 0.717) is 12.1 Å². The fraction of sp³-hybridized carbons (Fsp3) is 1.00. The van der Waals surface area contributed by atoms with E-state index in [1.165, 1.54) is 32.2 Å². The van der Waals surface area contributed by atoms with E-state index in [-0.39, 0.29) is 0 Å². The van der Waals surface area contributed by atoms with Gasteiger partial charge in [-0.25, -0.2) is 0 Å². The Hall–Kier alpha value is -0.0800. The van der Waals surface area contributed by atoms with Crippen LogP contribution >= 0.6 is 0 Å². The summed E-state index contributed by atoms with van der Waals surface area (Å²) in [5, 5.41) is 3.47. The summed E-state index contributed by atoms with van der Waals surface area (Å²) in [4.78, 5) is 0. The minimum absolute atomic E-state index is 0.544. The van der Waals surface area contributed by atoms with Crippen LogP contribution in [0.3, 0.4) is 0 Å². The Morgan fingerprint density at radius 1 is 1.20 bits per heavy atom. The molecule has 1 N–H and O–H groups in total. The third-order valence-corrected chi connectivity index (χ3v) is 2.51. The zero-order chi connectivity index (χ0) is 6.81. The molecule has 2 heteroatoms. The molecule has 0 amide bonds. The second kappa shape index (κ2) is 2.89. The molecule has 2 nitrogen and oxygen atoms in total. The number of nitrogens with one attached hydrogen (secondary N) is 1. The van der Waals surface area contributed by atoms with Crippen molar-refractivity contribution < 1.29 is 4.74 Å². The maximum atomic E-state index is 5.57. The zero-order valence-electron chi connectivity index (χ0n) is 6.31. The van der Waals surface area contributed by atoms with Crippen LogP contribution in [-0.2, 0) is 4.74 Å². The van der Waals surface area contributed by atoms with Gasteiger partial charge in [-0.1, -0.05) is 0 Å². The lowest BCUT2D eigenvalue weighted by atomic mass is 10.1. The second-order valence-corrected chi connectivity index (χ2v) is 3.25. The van der Waals surface area contributed by atoms with Crippen LogP contribution in [0, 0.1) is 0 Å². The molecule has 2 fully saturated rings. The highest BCUT2D eigenvalue weighted by Crippen LogP contribution is 2.20. The van der Waals surface area contributed by atoms with E-state index in [0.717, 1.165) is 6.61 Å². The lowest BCUT2D eigenvalue weighted by Gasteiger charge is -2.16. The first kappa shape index (κ1) is 6.62. The van der Waals surface area contributed by atoms with Gasteiger partial charge in [0.15, 0.2) is 0 Å². The van der Waals surface area contributed by atoms with Gasteiger partial charge in [-0.2, -0.15) is 0 Å². The van der Waals surface area contributed by atoms with Gasteiger partial charge < -0.3 is 10.1 Å². The van der Waals surface area contributed by atoms with Gasteiger partial charge in [0.2, 0.25) is 0 Å². The monoisotopic (exact) mass is 141 g/mol. The quantitative estimate of drug-likeness (QED) is 0.586. The molecule has 0 aromatic rings. The molecule has 2 heterocycles. The zero-order valence-corrected chi connectivity index (χ0v) is 6.31. The molecule has 0 aromatic heterocycles. The predicted octanol–water partition coefficient (Wildman–Crippen LogP) is 0.917. The summed E-state index contributed by atoms with van der Waals surface area (Å²) in [7, 11) is 0. The summed E-state index contributed by atoms with van der Waals surface area (Å²) < 4.78 is 5.57. The van der Waals surface area contributed by atoms with Crippen LogP contribution in [0.15, 0.2) is 0 Å². The molecule has 0 spiro atoms. The molecule has 0 bridgehead atoms. The first-order chi connectivity index (χ1) is 4.97. The SMILES string of the molecule is C1CO[C@H]([C@H]2CCCN2)C1. The van der Waals surface area contributed by atoms with E-state index in [1.54, 1.807) is 0 Å². The standard InChI is InChI=1S/C8H15NO/c1-3-7(9-5-1)8-4-2-6-10-8/h7-9H,1-6H2/t7-,8+/m1/s1. The largest absolute Gasteiger partial charge is 0.377 e. The molecule has 0 saturated carbocycles. The van der Waals surface area contributed by atoms with E-state index in [2.05, 4.69) is 5.32 Å². The molecule has 10 heavy (non-hydrogen) atoms. The summed E-state index contributed by atoms with van der Waals surface area (Å²) in [6.07, 6.45) is 5.75. The average Bonchev–Trinajstić information content (AvgIpc) is 2.59. The van der Waals surface area contributed by atoms with Gasteiger partial charge in [-0.15, -0.1) is 0 Å². The van der Waals surface area contributed by atoms with Crippen molar-refractivity contribution in [1.29, 1.82) is 0 Å². The number of ether oxygens (including phenoxy) is 1. The van der Waals surface area contributed by atoms with Gasteiger partial charge in [-0.3, -0.25) is 0 Å². The normalized spacial score (nSPS) is 40.8. The van der Waals surface area contributed by atoms with Crippen LogP contribution in [0.4, 0.5) is 0 Å². The Labute approximate surface area is 61.9 Å². The minimum Gasteiger partial charge on any atom is -0.377 e. The average molecular weight is 141 g/mol. The van der Waals surface area contributed by atoms with E-state index in [1.807, 2.05) is 0 Å². The molecular formula is C8H15NO. The Morgan fingerprint density at radius 3 is 2.80 bits per heavy atom. The van der Waals surface area contributed by atoms with Crippen LogP contribution in [0.2, 0.25) is 0 Å². The summed E-state index contributed by atoms with van der Waals surface area (Å²) >= 11 is 0. The first-order valence-corrected chi connectivity index (χ1v) is 4.32. The molecule has 2 rings (SSSR count). The Bertz CT molecular complexity index is 89.8.